The van der Waals surface area contributed by atoms with Gasteiger partial charge in [0.2, 0.25) is 0 Å². The molecule has 0 radical (unpaired) electrons. The quantitative estimate of drug-likeness (QED) is 0.388. The lowest BCUT2D eigenvalue weighted by Gasteiger charge is -2.13. The summed E-state index contributed by atoms with van der Waals surface area (Å²) in [6, 6.07) is 17.8. The summed E-state index contributed by atoms with van der Waals surface area (Å²) >= 11 is 2.27. The van der Waals surface area contributed by atoms with Crippen LogP contribution in [0.15, 0.2) is 67.1 Å². The fraction of sp³-hybridized carbons (Fsp3) is 0. The minimum atomic E-state index is 0.451. The lowest BCUT2D eigenvalue weighted by atomic mass is 10.2. The van der Waals surface area contributed by atoms with Gasteiger partial charge < -0.3 is 16.4 Å². The van der Waals surface area contributed by atoms with Crippen LogP contribution in [0.4, 0.5) is 28.7 Å². The number of nitrogens with two attached hydrogens (primary N) is 1. The lowest BCUT2D eigenvalue weighted by molar-refractivity contribution is 1.17. The second-order valence-electron chi connectivity index (χ2n) is 5.62. The van der Waals surface area contributed by atoms with E-state index >= 15 is 0 Å². The van der Waals surface area contributed by atoms with E-state index < -0.39 is 0 Å². The largest absolute Gasteiger partial charge is 0.393 e. The van der Waals surface area contributed by atoms with Crippen LogP contribution in [-0.2, 0) is 0 Å². The molecule has 6 nitrogen and oxygen atoms in total. The second kappa shape index (κ2) is 7.12. The van der Waals surface area contributed by atoms with Gasteiger partial charge in [0.05, 0.1) is 5.52 Å². The van der Waals surface area contributed by atoms with Gasteiger partial charge in [-0.15, -0.1) is 0 Å². The molecular formula is C19H15IN6. The van der Waals surface area contributed by atoms with Gasteiger partial charge in [-0.25, -0.2) is 9.97 Å². The van der Waals surface area contributed by atoms with Crippen LogP contribution in [0, 0.1) is 3.57 Å². The van der Waals surface area contributed by atoms with E-state index in [2.05, 4.69) is 48.2 Å². The van der Waals surface area contributed by atoms with E-state index in [1.807, 2.05) is 54.6 Å². The van der Waals surface area contributed by atoms with Gasteiger partial charge in [0.25, 0.3) is 0 Å². The summed E-state index contributed by atoms with van der Waals surface area (Å²) < 4.78 is 1.16. The van der Waals surface area contributed by atoms with Crippen molar-refractivity contribution in [2.24, 2.45) is 0 Å². The average Bonchev–Trinajstić information content (AvgIpc) is 2.67. The molecule has 2 aromatic carbocycles. The highest BCUT2D eigenvalue weighted by atomic mass is 127. The summed E-state index contributed by atoms with van der Waals surface area (Å²) in [5.74, 6) is 1.10. The van der Waals surface area contributed by atoms with Crippen molar-refractivity contribution in [2.75, 3.05) is 16.4 Å². The number of rotatable bonds is 4. The third kappa shape index (κ3) is 3.38. The number of nitrogens with one attached hydrogen (secondary N) is 2. The maximum absolute atomic E-state index is 6.29. The third-order valence-corrected chi connectivity index (χ3v) is 4.61. The Morgan fingerprint density at radius 2 is 1.58 bits per heavy atom. The predicted octanol–water partition coefficient (Wildman–Crippen LogP) is 4.70. The number of halogens is 1. The van der Waals surface area contributed by atoms with Crippen LogP contribution in [-0.4, -0.2) is 15.0 Å². The van der Waals surface area contributed by atoms with Gasteiger partial charge in [-0.3, -0.25) is 4.98 Å². The average molecular weight is 454 g/mol. The highest BCUT2D eigenvalue weighted by Gasteiger charge is 2.10. The van der Waals surface area contributed by atoms with Crippen LogP contribution in [0.1, 0.15) is 0 Å². The van der Waals surface area contributed by atoms with Gasteiger partial charge in [-0.1, -0.05) is 6.07 Å². The van der Waals surface area contributed by atoms with E-state index in [0.29, 0.717) is 17.3 Å². The predicted molar refractivity (Wildman–Crippen MR) is 114 cm³/mol. The molecule has 0 fully saturated rings. The van der Waals surface area contributed by atoms with E-state index in [1.165, 1.54) is 6.33 Å². The van der Waals surface area contributed by atoms with Crippen molar-refractivity contribution < 1.29 is 0 Å². The Morgan fingerprint density at radius 3 is 2.38 bits per heavy atom. The van der Waals surface area contributed by atoms with Gasteiger partial charge in [-0.05, 0) is 71.1 Å². The number of hydrogen-bond acceptors (Lipinski definition) is 6. The zero-order valence-corrected chi connectivity index (χ0v) is 15.8. The number of aromatic nitrogens is 3. The number of nitrogen functional groups attached to an aromatic ring is 1. The van der Waals surface area contributed by atoms with Gasteiger partial charge >= 0.3 is 0 Å². The zero-order chi connectivity index (χ0) is 17.9. The molecule has 0 bridgehead atoms. The summed E-state index contributed by atoms with van der Waals surface area (Å²) in [7, 11) is 0. The summed E-state index contributed by atoms with van der Waals surface area (Å²) in [5.41, 5.74) is 9.44. The molecule has 0 aliphatic carbocycles. The standard InChI is InChI=1S/C19H15IN6/c20-12-6-8-13(9-7-12)25-18-17(21)19(24-11-23-18)26-16-5-1-4-15-14(16)3-2-10-22-15/h1-11H,21H2,(H2,23,24,25,26). The molecule has 0 amide bonds. The van der Waals surface area contributed by atoms with Gasteiger partial charge in [0.15, 0.2) is 11.6 Å². The molecule has 2 heterocycles. The first-order valence-corrected chi connectivity index (χ1v) is 9.02. The van der Waals surface area contributed by atoms with Crippen LogP contribution in [0.25, 0.3) is 10.9 Å². The Labute approximate surface area is 164 Å². The van der Waals surface area contributed by atoms with Crippen LogP contribution in [0.3, 0.4) is 0 Å². The molecule has 7 heteroatoms. The summed E-state index contributed by atoms with van der Waals surface area (Å²) in [6.07, 6.45) is 3.26. The number of fused-ring (bicyclic) bond motifs is 1. The lowest BCUT2D eigenvalue weighted by Crippen LogP contribution is -2.05. The molecular weight excluding hydrogens is 439 g/mol. The number of hydrogen-bond donors (Lipinski definition) is 3. The van der Waals surface area contributed by atoms with Gasteiger partial charge in [0.1, 0.15) is 12.0 Å². The highest BCUT2D eigenvalue weighted by molar-refractivity contribution is 14.1. The molecule has 4 N–H and O–H groups in total. The Bertz CT molecular complexity index is 1060. The minimum absolute atomic E-state index is 0.451. The van der Waals surface area contributed by atoms with Gasteiger partial charge in [0, 0.05) is 26.5 Å². The fourth-order valence-corrected chi connectivity index (χ4v) is 2.96. The number of pyridine rings is 1. The monoisotopic (exact) mass is 454 g/mol. The molecule has 0 atom stereocenters. The number of nitrogens with zero attached hydrogens (tertiary/aromatic N) is 3. The van der Waals surface area contributed by atoms with Crippen LogP contribution in [0.5, 0.6) is 0 Å². The molecule has 0 saturated heterocycles. The molecule has 4 aromatic rings. The van der Waals surface area contributed by atoms with E-state index in [1.54, 1.807) is 6.20 Å². The molecule has 0 aliphatic heterocycles. The maximum Gasteiger partial charge on any atom is 0.159 e. The minimum Gasteiger partial charge on any atom is -0.393 e. The summed E-state index contributed by atoms with van der Waals surface area (Å²) in [6.45, 7) is 0. The normalized spacial score (nSPS) is 10.7. The van der Waals surface area contributed by atoms with E-state index in [9.17, 15) is 0 Å². The molecule has 128 valence electrons. The molecule has 4 rings (SSSR count). The molecule has 26 heavy (non-hydrogen) atoms. The molecule has 0 saturated carbocycles. The zero-order valence-electron chi connectivity index (χ0n) is 13.6. The van der Waals surface area contributed by atoms with Crippen molar-refractivity contribution in [3.8, 4) is 0 Å². The van der Waals surface area contributed by atoms with Crippen LogP contribution in [0.2, 0.25) is 0 Å². The van der Waals surface area contributed by atoms with Crippen molar-refractivity contribution >= 4 is 62.2 Å². The van der Waals surface area contributed by atoms with Crippen molar-refractivity contribution in [3.05, 3.63) is 70.7 Å². The van der Waals surface area contributed by atoms with Crippen molar-refractivity contribution in [3.63, 3.8) is 0 Å². The molecule has 2 aromatic heterocycles. The van der Waals surface area contributed by atoms with Crippen LogP contribution < -0.4 is 16.4 Å². The maximum atomic E-state index is 6.29. The van der Waals surface area contributed by atoms with E-state index in [4.69, 9.17) is 5.73 Å². The summed E-state index contributed by atoms with van der Waals surface area (Å²) in [4.78, 5) is 12.9. The topological polar surface area (TPSA) is 88.8 Å². The third-order valence-electron chi connectivity index (χ3n) is 3.89. The first-order chi connectivity index (χ1) is 12.7. The van der Waals surface area contributed by atoms with Crippen LogP contribution >= 0.6 is 22.6 Å². The second-order valence-corrected chi connectivity index (χ2v) is 6.86. The number of benzene rings is 2. The molecule has 0 aliphatic rings. The first kappa shape index (κ1) is 16.5. The highest BCUT2D eigenvalue weighted by Crippen LogP contribution is 2.30. The van der Waals surface area contributed by atoms with Crippen molar-refractivity contribution in [1.29, 1.82) is 0 Å². The summed E-state index contributed by atoms with van der Waals surface area (Å²) in [5, 5.41) is 7.52. The molecule has 0 unspecified atom stereocenters. The van der Waals surface area contributed by atoms with E-state index in [0.717, 1.165) is 25.8 Å². The SMILES string of the molecule is Nc1c(Nc2ccc(I)cc2)ncnc1Nc1cccc2ncccc12. The smallest absolute Gasteiger partial charge is 0.159 e. The Balaban J connectivity index is 1.66. The number of anilines is 5. The van der Waals surface area contributed by atoms with Crippen molar-refractivity contribution in [1.82, 2.24) is 15.0 Å². The van der Waals surface area contributed by atoms with Crippen molar-refractivity contribution in [2.45, 2.75) is 0 Å². The molecule has 0 spiro atoms. The fourth-order valence-electron chi connectivity index (χ4n) is 2.60. The Morgan fingerprint density at radius 1 is 0.808 bits per heavy atom. The Kier molecular flexibility index (Phi) is 4.53. The van der Waals surface area contributed by atoms with E-state index in [-0.39, 0.29) is 0 Å². The Hall–Kier alpha value is -2.94. The van der Waals surface area contributed by atoms with Gasteiger partial charge in [-0.2, -0.15) is 0 Å². The first-order valence-electron chi connectivity index (χ1n) is 7.94.